The van der Waals surface area contributed by atoms with Crippen LogP contribution in [-0.4, -0.2) is 48.1 Å². The first-order valence-corrected chi connectivity index (χ1v) is 4.96. The number of aromatic nitrogens is 2. The van der Waals surface area contributed by atoms with Crippen LogP contribution in [0.3, 0.4) is 0 Å². The number of nitrogens with one attached hydrogen (secondary N) is 2. The Balaban J connectivity index is 2.75. The van der Waals surface area contributed by atoms with Gasteiger partial charge in [-0.15, -0.1) is 0 Å². The number of esters is 1. The van der Waals surface area contributed by atoms with Crippen LogP contribution in [0.25, 0.3) is 0 Å². The third-order valence-corrected chi connectivity index (χ3v) is 2.38. The van der Waals surface area contributed by atoms with Gasteiger partial charge >= 0.3 is 5.97 Å². The molecule has 0 aliphatic rings. The van der Waals surface area contributed by atoms with Crippen LogP contribution in [0.15, 0.2) is 6.20 Å². The molecule has 6 heteroatoms. The molecular formula is C9H15N3O2S. The third-order valence-electron chi connectivity index (χ3n) is 2.16. The minimum Gasteiger partial charge on any atom is -0.468 e. The smallest absolute Gasteiger partial charge is 0.323 e. The topological polar surface area (TPSA) is 61.1 Å². The van der Waals surface area contributed by atoms with Crippen molar-refractivity contribution in [2.24, 2.45) is 0 Å². The highest BCUT2D eigenvalue weighted by molar-refractivity contribution is 7.71. The number of likely N-dealkylation sites (N-methyl/N-ethyl adjacent to an activating group) is 1. The van der Waals surface area contributed by atoms with Gasteiger partial charge in [-0.1, -0.05) is 0 Å². The fraction of sp³-hybridized carbons (Fsp3) is 0.556. The first kappa shape index (κ1) is 11.9. The fourth-order valence-corrected chi connectivity index (χ4v) is 1.49. The van der Waals surface area contributed by atoms with Crippen LogP contribution in [0, 0.1) is 4.77 Å². The molecule has 0 aliphatic heterocycles. The van der Waals surface area contributed by atoms with Crippen molar-refractivity contribution < 1.29 is 9.53 Å². The van der Waals surface area contributed by atoms with Crippen LogP contribution in [0.1, 0.15) is 5.69 Å². The quantitative estimate of drug-likeness (QED) is 0.590. The standard InChI is InChI=1S/C9H15N3O2S/c1-12(2)7(8(13)14-3)4-6-5-10-9(15)11-6/h5,7H,4H2,1-3H3,(H2,10,11,15). The summed E-state index contributed by atoms with van der Waals surface area (Å²) < 4.78 is 5.28. The molecule has 0 aliphatic carbocycles. The number of H-pyrrole nitrogens is 2. The van der Waals surface area contributed by atoms with E-state index in [1.165, 1.54) is 7.11 Å². The van der Waals surface area contributed by atoms with E-state index < -0.39 is 0 Å². The molecule has 1 heterocycles. The Morgan fingerprint density at radius 2 is 2.33 bits per heavy atom. The highest BCUT2D eigenvalue weighted by Crippen LogP contribution is 2.05. The number of methoxy groups -OCH3 is 1. The number of imidazole rings is 1. The first-order valence-electron chi connectivity index (χ1n) is 4.55. The molecule has 0 aromatic carbocycles. The highest BCUT2D eigenvalue weighted by Gasteiger charge is 2.22. The second-order valence-electron chi connectivity index (χ2n) is 3.47. The molecule has 0 radical (unpaired) electrons. The van der Waals surface area contributed by atoms with Gasteiger partial charge in [0.2, 0.25) is 0 Å². The molecule has 0 bridgehead atoms. The Bertz CT molecular complexity index is 383. The van der Waals surface area contributed by atoms with Gasteiger partial charge in [-0.25, -0.2) is 0 Å². The van der Waals surface area contributed by atoms with Crippen molar-refractivity contribution in [3.63, 3.8) is 0 Å². The van der Waals surface area contributed by atoms with E-state index in [-0.39, 0.29) is 12.0 Å². The molecule has 0 fully saturated rings. The summed E-state index contributed by atoms with van der Waals surface area (Å²) in [5.74, 6) is -0.250. The van der Waals surface area contributed by atoms with Crippen molar-refractivity contribution in [1.82, 2.24) is 14.9 Å². The summed E-state index contributed by atoms with van der Waals surface area (Å²) in [4.78, 5) is 19.1. The van der Waals surface area contributed by atoms with Crippen LogP contribution in [-0.2, 0) is 16.0 Å². The Morgan fingerprint density at radius 3 is 2.73 bits per heavy atom. The number of carbonyl (C=O) groups is 1. The molecule has 1 unspecified atom stereocenters. The Morgan fingerprint density at radius 1 is 1.67 bits per heavy atom. The van der Waals surface area contributed by atoms with Gasteiger partial charge in [-0.3, -0.25) is 9.69 Å². The zero-order valence-electron chi connectivity index (χ0n) is 9.03. The summed E-state index contributed by atoms with van der Waals surface area (Å²) in [5, 5.41) is 0. The molecule has 1 atom stereocenters. The predicted molar refractivity (Wildman–Crippen MR) is 59.2 cm³/mol. The predicted octanol–water partition coefficient (Wildman–Crippen LogP) is 0.718. The average molecular weight is 229 g/mol. The van der Waals surface area contributed by atoms with E-state index in [2.05, 4.69) is 9.97 Å². The molecule has 1 rings (SSSR count). The summed E-state index contributed by atoms with van der Waals surface area (Å²) in [7, 11) is 5.06. The first-order chi connectivity index (χ1) is 7.04. The van der Waals surface area contributed by atoms with E-state index in [4.69, 9.17) is 17.0 Å². The van der Waals surface area contributed by atoms with Gasteiger partial charge in [-0.05, 0) is 26.3 Å². The molecule has 5 nitrogen and oxygen atoms in total. The van der Waals surface area contributed by atoms with E-state index in [9.17, 15) is 4.79 Å². The van der Waals surface area contributed by atoms with Gasteiger partial charge in [-0.2, -0.15) is 0 Å². The molecule has 84 valence electrons. The zero-order valence-corrected chi connectivity index (χ0v) is 9.85. The van der Waals surface area contributed by atoms with Crippen LogP contribution < -0.4 is 0 Å². The van der Waals surface area contributed by atoms with Crippen molar-refractivity contribution in [1.29, 1.82) is 0 Å². The van der Waals surface area contributed by atoms with Crippen molar-refractivity contribution in [3.8, 4) is 0 Å². The van der Waals surface area contributed by atoms with E-state index >= 15 is 0 Å². The maximum absolute atomic E-state index is 11.5. The lowest BCUT2D eigenvalue weighted by molar-refractivity contribution is -0.145. The molecule has 0 amide bonds. The average Bonchev–Trinajstić information content (AvgIpc) is 2.59. The fourth-order valence-electron chi connectivity index (χ4n) is 1.30. The summed E-state index contributed by atoms with van der Waals surface area (Å²) in [6.07, 6.45) is 2.31. The van der Waals surface area contributed by atoms with Crippen molar-refractivity contribution >= 4 is 18.2 Å². The number of carbonyl (C=O) groups excluding carboxylic acids is 1. The molecule has 0 saturated carbocycles. The molecule has 1 aromatic heterocycles. The van der Waals surface area contributed by atoms with E-state index in [0.29, 0.717) is 11.2 Å². The van der Waals surface area contributed by atoms with E-state index in [1.54, 1.807) is 6.20 Å². The van der Waals surface area contributed by atoms with E-state index in [0.717, 1.165) is 5.69 Å². The molecule has 0 spiro atoms. The van der Waals surface area contributed by atoms with Gasteiger partial charge in [0.25, 0.3) is 0 Å². The van der Waals surface area contributed by atoms with E-state index in [1.807, 2.05) is 19.0 Å². The lowest BCUT2D eigenvalue weighted by atomic mass is 10.1. The maximum atomic E-state index is 11.5. The molecule has 1 aromatic rings. The van der Waals surface area contributed by atoms with Crippen LogP contribution in [0.5, 0.6) is 0 Å². The molecule has 2 N–H and O–H groups in total. The van der Waals surface area contributed by atoms with Crippen LogP contribution in [0.2, 0.25) is 0 Å². The Kier molecular flexibility index (Phi) is 4.05. The highest BCUT2D eigenvalue weighted by atomic mass is 32.1. The molecule has 15 heavy (non-hydrogen) atoms. The number of hydrogen-bond acceptors (Lipinski definition) is 4. The van der Waals surface area contributed by atoms with Gasteiger partial charge in [0.1, 0.15) is 6.04 Å². The summed E-state index contributed by atoms with van der Waals surface area (Å²) >= 11 is 4.90. The number of ether oxygens (including phenoxy) is 1. The lowest BCUT2D eigenvalue weighted by Gasteiger charge is -2.20. The van der Waals surface area contributed by atoms with Crippen molar-refractivity contribution in [2.45, 2.75) is 12.5 Å². The second kappa shape index (κ2) is 5.09. The number of nitrogens with zero attached hydrogens (tertiary/aromatic N) is 1. The monoisotopic (exact) mass is 229 g/mol. The van der Waals surface area contributed by atoms with Gasteiger partial charge in [0.15, 0.2) is 4.77 Å². The lowest BCUT2D eigenvalue weighted by Crippen LogP contribution is -2.38. The Hall–Kier alpha value is -1.14. The number of aromatic amines is 2. The largest absolute Gasteiger partial charge is 0.468 e. The normalized spacial score (nSPS) is 12.8. The SMILES string of the molecule is COC(=O)C(Cc1c[nH]c(=S)[nH]1)N(C)C. The van der Waals surface area contributed by atoms with Gasteiger partial charge in [0, 0.05) is 18.3 Å². The Labute approximate surface area is 93.4 Å². The second-order valence-corrected chi connectivity index (χ2v) is 3.88. The number of hydrogen-bond donors (Lipinski definition) is 2. The molecule has 0 saturated heterocycles. The van der Waals surface area contributed by atoms with Crippen LogP contribution in [0.4, 0.5) is 0 Å². The third kappa shape index (κ3) is 3.17. The van der Waals surface area contributed by atoms with Crippen LogP contribution >= 0.6 is 12.2 Å². The van der Waals surface area contributed by atoms with Gasteiger partial charge < -0.3 is 14.7 Å². The minimum absolute atomic E-state index is 0.250. The van der Waals surface area contributed by atoms with Crippen molar-refractivity contribution in [3.05, 3.63) is 16.7 Å². The summed E-state index contributed by atoms with van der Waals surface area (Å²) in [5.41, 5.74) is 0.893. The summed E-state index contributed by atoms with van der Waals surface area (Å²) in [6, 6.07) is -0.295. The maximum Gasteiger partial charge on any atom is 0.323 e. The summed E-state index contributed by atoms with van der Waals surface area (Å²) in [6.45, 7) is 0. The molecular weight excluding hydrogens is 214 g/mol. The number of rotatable bonds is 4. The van der Waals surface area contributed by atoms with Gasteiger partial charge in [0.05, 0.1) is 7.11 Å². The zero-order chi connectivity index (χ0) is 11.4. The minimum atomic E-state index is -0.295. The van der Waals surface area contributed by atoms with Crippen molar-refractivity contribution in [2.75, 3.05) is 21.2 Å².